The first-order valence-electron chi connectivity index (χ1n) is 9.22. The Morgan fingerprint density at radius 2 is 1.90 bits per heavy atom. The number of methoxy groups -OCH3 is 2. The van der Waals surface area contributed by atoms with Gasteiger partial charge >= 0.3 is 0 Å². The molecule has 29 heavy (non-hydrogen) atoms. The molecule has 0 radical (unpaired) electrons. The number of aromatic amines is 1. The van der Waals surface area contributed by atoms with Crippen molar-refractivity contribution >= 4 is 22.5 Å². The highest BCUT2D eigenvalue weighted by molar-refractivity contribution is 5.92. The van der Waals surface area contributed by atoms with Gasteiger partial charge < -0.3 is 19.8 Å². The van der Waals surface area contributed by atoms with Crippen LogP contribution >= 0.6 is 0 Å². The minimum Gasteiger partial charge on any atom is -0.497 e. The highest BCUT2D eigenvalue weighted by Gasteiger charge is 2.14. The Morgan fingerprint density at radius 1 is 1.14 bits per heavy atom. The van der Waals surface area contributed by atoms with Crippen molar-refractivity contribution in [2.24, 2.45) is 0 Å². The second-order valence-corrected chi connectivity index (χ2v) is 6.51. The van der Waals surface area contributed by atoms with E-state index in [0.717, 1.165) is 5.75 Å². The molecule has 0 atom stereocenters. The van der Waals surface area contributed by atoms with Crippen LogP contribution in [0, 0.1) is 0 Å². The van der Waals surface area contributed by atoms with Crippen LogP contribution in [0.2, 0.25) is 0 Å². The predicted octanol–water partition coefficient (Wildman–Crippen LogP) is 2.02. The van der Waals surface area contributed by atoms with Crippen LogP contribution in [0.4, 0.5) is 5.69 Å². The van der Waals surface area contributed by atoms with Crippen molar-refractivity contribution in [3.8, 4) is 5.75 Å². The molecule has 1 heterocycles. The third-order valence-electron chi connectivity index (χ3n) is 4.39. The molecule has 0 saturated heterocycles. The van der Waals surface area contributed by atoms with Crippen molar-refractivity contribution in [3.63, 3.8) is 0 Å². The number of aromatic nitrogens is 2. The molecule has 0 saturated carbocycles. The summed E-state index contributed by atoms with van der Waals surface area (Å²) in [6.45, 7) is 1.42. The predicted molar refractivity (Wildman–Crippen MR) is 111 cm³/mol. The molecule has 0 spiro atoms. The minimum absolute atomic E-state index is 0.131. The number of hydrogen-bond acceptors (Lipinski definition) is 6. The number of anilines is 1. The fraction of sp³-hybridized carbons (Fsp3) is 0.286. The average Bonchev–Trinajstić information content (AvgIpc) is 2.72. The second kappa shape index (κ2) is 9.81. The number of ether oxygens (including phenoxy) is 2. The van der Waals surface area contributed by atoms with E-state index in [1.165, 1.54) is 0 Å². The standard InChI is InChI=1S/C21H24N4O4/c1-28-12-11-25(14-20(26)22-15-7-9-16(29-2)10-8-15)13-19-23-18-6-4-3-5-17(18)21(27)24-19/h3-10H,11-14H2,1-2H3,(H,22,26)(H,23,24,27). The topological polar surface area (TPSA) is 96.5 Å². The Kier molecular flexibility index (Phi) is 6.94. The summed E-state index contributed by atoms with van der Waals surface area (Å²) in [4.78, 5) is 34.0. The molecule has 8 heteroatoms. The number of rotatable bonds is 9. The minimum atomic E-state index is -0.194. The van der Waals surface area contributed by atoms with Crippen LogP contribution < -0.4 is 15.6 Å². The molecule has 1 aromatic heterocycles. The summed E-state index contributed by atoms with van der Waals surface area (Å²) in [6.07, 6.45) is 0. The lowest BCUT2D eigenvalue weighted by Gasteiger charge is -2.21. The van der Waals surface area contributed by atoms with E-state index < -0.39 is 0 Å². The number of H-pyrrole nitrogens is 1. The van der Waals surface area contributed by atoms with Gasteiger partial charge in [0.15, 0.2) is 0 Å². The lowest BCUT2D eigenvalue weighted by Crippen LogP contribution is -2.36. The van der Waals surface area contributed by atoms with Crippen molar-refractivity contribution < 1.29 is 14.3 Å². The zero-order valence-electron chi connectivity index (χ0n) is 16.5. The zero-order valence-corrected chi connectivity index (χ0v) is 16.5. The maximum absolute atomic E-state index is 12.5. The molecule has 2 aromatic carbocycles. The van der Waals surface area contributed by atoms with Gasteiger partial charge in [0, 0.05) is 19.3 Å². The van der Waals surface area contributed by atoms with Crippen molar-refractivity contribution in [1.82, 2.24) is 14.9 Å². The van der Waals surface area contributed by atoms with Crippen molar-refractivity contribution in [2.75, 3.05) is 39.2 Å². The summed E-state index contributed by atoms with van der Waals surface area (Å²) in [5.41, 5.74) is 1.11. The number of benzene rings is 2. The molecule has 8 nitrogen and oxygen atoms in total. The number of amides is 1. The number of para-hydroxylation sites is 1. The molecular formula is C21H24N4O4. The SMILES string of the molecule is COCCN(CC(=O)Nc1ccc(OC)cc1)Cc1nc2ccccc2c(=O)[nH]1. The third-order valence-corrected chi connectivity index (χ3v) is 4.39. The van der Waals surface area contributed by atoms with Crippen molar-refractivity contribution in [1.29, 1.82) is 0 Å². The Morgan fingerprint density at radius 3 is 2.62 bits per heavy atom. The van der Waals surface area contributed by atoms with Crippen molar-refractivity contribution in [3.05, 3.63) is 64.7 Å². The Bertz CT molecular complexity index is 1020. The lowest BCUT2D eigenvalue weighted by molar-refractivity contribution is -0.117. The molecule has 0 aliphatic heterocycles. The van der Waals surface area contributed by atoms with Gasteiger partial charge in [-0.05, 0) is 36.4 Å². The monoisotopic (exact) mass is 396 g/mol. The van der Waals surface area contributed by atoms with Gasteiger partial charge in [-0.15, -0.1) is 0 Å². The quantitative estimate of drug-likeness (QED) is 0.574. The van der Waals surface area contributed by atoms with Gasteiger partial charge in [0.05, 0.1) is 37.7 Å². The molecule has 0 bridgehead atoms. The molecule has 2 N–H and O–H groups in total. The van der Waals surface area contributed by atoms with Crippen LogP contribution in [0.25, 0.3) is 10.9 Å². The summed E-state index contributed by atoms with van der Waals surface area (Å²) < 4.78 is 10.3. The molecule has 1 amide bonds. The van der Waals surface area contributed by atoms with Crippen LogP contribution in [0.5, 0.6) is 5.75 Å². The Balaban J connectivity index is 1.70. The van der Waals surface area contributed by atoms with E-state index in [0.29, 0.717) is 42.1 Å². The lowest BCUT2D eigenvalue weighted by atomic mass is 10.2. The summed E-state index contributed by atoms with van der Waals surface area (Å²) in [6, 6.07) is 14.3. The average molecular weight is 396 g/mol. The second-order valence-electron chi connectivity index (χ2n) is 6.51. The van der Waals surface area contributed by atoms with Gasteiger partial charge in [-0.3, -0.25) is 14.5 Å². The van der Waals surface area contributed by atoms with Gasteiger partial charge in [0.2, 0.25) is 5.91 Å². The van der Waals surface area contributed by atoms with Gasteiger partial charge in [0.25, 0.3) is 5.56 Å². The molecule has 0 fully saturated rings. The third kappa shape index (κ3) is 5.63. The summed E-state index contributed by atoms with van der Waals surface area (Å²) in [5.74, 6) is 1.05. The first-order valence-corrected chi connectivity index (χ1v) is 9.22. The number of nitrogens with one attached hydrogen (secondary N) is 2. The fourth-order valence-electron chi connectivity index (χ4n) is 2.93. The van der Waals surface area contributed by atoms with Gasteiger partial charge in [-0.25, -0.2) is 4.98 Å². The normalized spacial score (nSPS) is 11.0. The smallest absolute Gasteiger partial charge is 0.258 e. The van der Waals surface area contributed by atoms with Gasteiger partial charge in [-0.1, -0.05) is 12.1 Å². The number of hydrogen-bond donors (Lipinski definition) is 2. The number of carbonyl (C=O) groups is 1. The van der Waals surface area contributed by atoms with Crippen LogP contribution in [0.1, 0.15) is 5.82 Å². The van der Waals surface area contributed by atoms with E-state index in [1.54, 1.807) is 56.7 Å². The number of carbonyl (C=O) groups excluding carboxylic acids is 1. The molecule has 3 rings (SSSR count). The fourth-order valence-corrected chi connectivity index (χ4v) is 2.93. The number of nitrogens with zero attached hydrogens (tertiary/aromatic N) is 2. The summed E-state index contributed by atoms with van der Waals surface area (Å²) >= 11 is 0. The summed E-state index contributed by atoms with van der Waals surface area (Å²) in [7, 11) is 3.19. The first kappa shape index (κ1) is 20.5. The number of fused-ring (bicyclic) bond motifs is 1. The summed E-state index contributed by atoms with van der Waals surface area (Å²) in [5, 5.41) is 3.40. The van der Waals surface area contributed by atoms with E-state index in [4.69, 9.17) is 9.47 Å². The van der Waals surface area contributed by atoms with E-state index in [2.05, 4.69) is 15.3 Å². The molecule has 0 unspecified atom stereocenters. The Hall–Kier alpha value is -3.23. The molecular weight excluding hydrogens is 372 g/mol. The molecule has 0 aliphatic rings. The zero-order chi connectivity index (χ0) is 20.6. The van der Waals surface area contributed by atoms with Crippen LogP contribution in [-0.2, 0) is 16.1 Å². The molecule has 152 valence electrons. The van der Waals surface area contributed by atoms with Gasteiger partial charge in [0.1, 0.15) is 11.6 Å². The van der Waals surface area contributed by atoms with E-state index >= 15 is 0 Å². The van der Waals surface area contributed by atoms with Gasteiger partial charge in [-0.2, -0.15) is 0 Å². The highest BCUT2D eigenvalue weighted by Crippen LogP contribution is 2.15. The highest BCUT2D eigenvalue weighted by atomic mass is 16.5. The molecule has 0 aliphatic carbocycles. The van der Waals surface area contributed by atoms with Crippen molar-refractivity contribution in [2.45, 2.75) is 6.54 Å². The maximum atomic E-state index is 12.5. The molecule has 3 aromatic rings. The van der Waals surface area contributed by atoms with Crippen LogP contribution in [0.15, 0.2) is 53.3 Å². The van der Waals surface area contributed by atoms with E-state index in [9.17, 15) is 9.59 Å². The Labute approximate surface area is 168 Å². The first-order chi connectivity index (χ1) is 14.1. The van der Waals surface area contributed by atoms with E-state index in [-0.39, 0.29) is 18.0 Å². The van der Waals surface area contributed by atoms with Crippen LogP contribution in [0.3, 0.4) is 0 Å². The van der Waals surface area contributed by atoms with E-state index in [1.807, 2.05) is 11.0 Å². The largest absolute Gasteiger partial charge is 0.497 e. The van der Waals surface area contributed by atoms with Crippen LogP contribution in [-0.4, -0.2) is 54.7 Å². The maximum Gasteiger partial charge on any atom is 0.258 e.